The molecule has 6 heteroatoms. The van der Waals surface area contributed by atoms with Crippen molar-refractivity contribution in [2.24, 2.45) is 23.2 Å². The maximum atomic E-state index is 12.6. The molecule has 0 aliphatic heterocycles. The highest BCUT2D eigenvalue weighted by Crippen LogP contribution is 2.61. The Morgan fingerprint density at radius 2 is 1.75 bits per heavy atom. The van der Waals surface area contributed by atoms with Crippen LogP contribution in [0.4, 0.5) is 0 Å². The molecule has 1 atom stereocenters. The third kappa shape index (κ3) is 4.87. The fourth-order valence-corrected chi connectivity index (χ4v) is 6.14. The second-order valence-electron chi connectivity index (χ2n) is 9.30. The van der Waals surface area contributed by atoms with Crippen LogP contribution in [0.1, 0.15) is 71.1 Å². The summed E-state index contributed by atoms with van der Waals surface area (Å²) in [6.45, 7) is 2.75. The van der Waals surface area contributed by atoms with Crippen LogP contribution in [0, 0.1) is 34.5 Å². The number of carbonyl (C=O) groups excluding carboxylic acids is 1. The third-order valence-corrected chi connectivity index (χ3v) is 7.17. The summed E-state index contributed by atoms with van der Waals surface area (Å²) in [4.78, 5) is 23.1. The Labute approximate surface area is 167 Å². The largest absolute Gasteiger partial charge is 0.481 e. The van der Waals surface area contributed by atoms with E-state index >= 15 is 0 Å². The van der Waals surface area contributed by atoms with Crippen molar-refractivity contribution in [3.63, 3.8) is 0 Å². The van der Waals surface area contributed by atoms with E-state index in [4.69, 9.17) is 5.11 Å². The van der Waals surface area contributed by atoms with E-state index in [9.17, 15) is 14.9 Å². The first-order chi connectivity index (χ1) is 13.4. The molecule has 4 saturated carbocycles. The Bertz CT molecular complexity index is 629. The van der Waals surface area contributed by atoms with E-state index in [0.29, 0.717) is 13.0 Å². The predicted octanol–water partition coefficient (Wildman–Crippen LogP) is 3.35. The SMILES string of the molecule is CC(NC(=O)/C(C#N)=C\NCCCCCC(=O)O)C12CC3CC(CC(C3)C1)C2. The summed E-state index contributed by atoms with van der Waals surface area (Å²) in [7, 11) is 0. The highest BCUT2D eigenvalue weighted by atomic mass is 16.4. The van der Waals surface area contributed by atoms with E-state index in [-0.39, 0.29) is 29.4 Å². The maximum Gasteiger partial charge on any atom is 0.303 e. The van der Waals surface area contributed by atoms with Crippen molar-refractivity contribution in [2.75, 3.05) is 6.54 Å². The van der Waals surface area contributed by atoms with Crippen LogP contribution in [-0.4, -0.2) is 29.6 Å². The van der Waals surface area contributed by atoms with Crippen LogP contribution in [0.3, 0.4) is 0 Å². The number of nitrogens with one attached hydrogen (secondary N) is 2. The lowest BCUT2D eigenvalue weighted by molar-refractivity contribution is -0.137. The van der Waals surface area contributed by atoms with Gasteiger partial charge < -0.3 is 15.7 Å². The van der Waals surface area contributed by atoms with Gasteiger partial charge in [-0.05, 0) is 81.5 Å². The summed E-state index contributed by atoms with van der Waals surface area (Å²) < 4.78 is 0. The zero-order chi connectivity index (χ0) is 20.1. The molecule has 1 amide bonds. The van der Waals surface area contributed by atoms with Gasteiger partial charge in [-0.2, -0.15) is 5.26 Å². The van der Waals surface area contributed by atoms with Crippen LogP contribution in [0.5, 0.6) is 0 Å². The van der Waals surface area contributed by atoms with Gasteiger partial charge in [-0.15, -0.1) is 0 Å². The van der Waals surface area contributed by atoms with E-state index < -0.39 is 5.97 Å². The average molecular weight is 388 g/mol. The van der Waals surface area contributed by atoms with Crippen LogP contribution < -0.4 is 10.6 Å². The Morgan fingerprint density at radius 1 is 1.14 bits per heavy atom. The maximum absolute atomic E-state index is 12.6. The summed E-state index contributed by atoms with van der Waals surface area (Å²) >= 11 is 0. The molecule has 4 rings (SSSR count). The molecule has 154 valence electrons. The van der Waals surface area contributed by atoms with Gasteiger partial charge >= 0.3 is 5.97 Å². The highest BCUT2D eigenvalue weighted by Gasteiger charge is 2.53. The number of amides is 1. The first kappa shape index (κ1) is 20.7. The van der Waals surface area contributed by atoms with Crippen molar-refractivity contribution < 1.29 is 14.7 Å². The van der Waals surface area contributed by atoms with Crippen LogP contribution in [0.2, 0.25) is 0 Å². The van der Waals surface area contributed by atoms with E-state index in [1.54, 1.807) is 0 Å². The molecule has 4 fully saturated rings. The van der Waals surface area contributed by atoms with Gasteiger partial charge in [0.1, 0.15) is 11.6 Å². The number of carboxylic acids is 1. The summed E-state index contributed by atoms with van der Waals surface area (Å²) in [5, 5.41) is 24.1. The number of aliphatic carboxylic acids is 1. The molecule has 3 N–H and O–H groups in total. The fourth-order valence-electron chi connectivity index (χ4n) is 6.14. The Kier molecular flexibility index (Phi) is 6.64. The van der Waals surface area contributed by atoms with Crippen molar-refractivity contribution in [1.82, 2.24) is 10.6 Å². The van der Waals surface area contributed by atoms with E-state index in [0.717, 1.165) is 30.6 Å². The smallest absolute Gasteiger partial charge is 0.303 e. The monoisotopic (exact) mass is 387 g/mol. The predicted molar refractivity (Wildman–Crippen MR) is 106 cm³/mol. The number of hydrogen-bond donors (Lipinski definition) is 3. The van der Waals surface area contributed by atoms with Gasteiger partial charge in [0.25, 0.3) is 5.91 Å². The van der Waals surface area contributed by atoms with Gasteiger partial charge in [0.2, 0.25) is 0 Å². The van der Waals surface area contributed by atoms with E-state index in [1.807, 2.05) is 6.07 Å². The lowest BCUT2D eigenvalue weighted by Gasteiger charge is -2.59. The lowest BCUT2D eigenvalue weighted by atomic mass is 9.48. The number of nitrogens with zero attached hydrogens (tertiary/aromatic N) is 1. The molecule has 0 radical (unpaired) electrons. The minimum absolute atomic E-state index is 0.0983. The van der Waals surface area contributed by atoms with Crippen molar-refractivity contribution >= 4 is 11.9 Å². The molecule has 0 saturated heterocycles. The van der Waals surface area contributed by atoms with E-state index in [2.05, 4.69) is 17.6 Å². The topological polar surface area (TPSA) is 102 Å². The lowest BCUT2D eigenvalue weighted by Crippen LogP contribution is -2.56. The van der Waals surface area contributed by atoms with Crippen molar-refractivity contribution in [3.05, 3.63) is 11.8 Å². The molecule has 0 aromatic heterocycles. The van der Waals surface area contributed by atoms with Crippen molar-refractivity contribution in [2.45, 2.75) is 77.2 Å². The average Bonchev–Trinajstić information content (AvgIpc) is 2.62. The van der Waals surface area contributed by atoms with Crippen LogP contribution in [0.15, 0.2) is 11.8 Å². The number of unbranched alkanes of at least 4 members (excludes halogenated alkanes) is 2. The van der Waals surface area contributed by atoms with Crippen LogP contribution in [-0.2, 0) is 9.59 Å². The minimum Gasteiger partial charge on any atom is -0.481 e. The summed E-state index contributed by atoms with van der Waals surface area (Å²) in [6, 6.07) is 2.11. The molecule has 0 aromatic rings. The first-order valence-electron chi connectivity index (χ1n) is 10.8. The fraction of sp³-hybridized carbons (Fsp3) is 0.773. The molecule has 0 aromatic carbocycles. The molecule has 1 unspecified atom stereocenters. The zero-order valence-corrected chi connectivity index (χ0v) is 16.9. The van der Waals surface area contributed by atoms with Gasteiger partial charge in [-0.3, -0.25) is 9.59 Å². The standard InChI is InChI=1S/C22H33N3O3/c1-15(22-10-16-7-17(11-22)9-18(8-16)12-22)25-21(28)19(13-23)14-24-6-4-2-3-5-20(26)27/h14-18,24H,2-12H2,1H3,(H,25,28)(H,26,27)/b19-14-. The molecular formula is C22H33N3O3. The van der Waals surface area contributed by atoms with Crippen molar-refractivity contribution in [3.8, 4) is 6.07 Å². The van der Waals surface area contributed by atoms with Gasteiger partial charge in [0, 0.05) is 25.2 Å². The summed E-state index contributed by atoms with van der Waals surface area (Å²) in [6.07, 6.45) is 11.7. The van der Waals surface area contributed by atoms with Gasteiger partial charge in [-0.1, -0.05) is 6.42 Å². The third-order valence-electron chi connectivity index (χ3n) is 7.17. The number of nitriles is 1. The molecule has 4 bridgehead atoms. The molecule has 4 aliphatic rings. The number of hydrogen-bond acceptors (Lipinski definition) is 4. The minimum atomic E-state index is -0.774. The van der Waals surface area contributed by atoms with Gasteiger partial charge in [0.15, 0.2) is 0 Å². The Balaban J connectivity index is 1.46. The Morgan fingerprint density at radius 3 is 2.29 bits per heavy atom. The second-order valence-corrected chi connectivity index (χ2v) is 9.30. The first-order valence-corrected chi connectivity index (χ1v) is 10.8. The number of rotatable bonds is 10. The molecular weight excluding hydrogens is 354 g/mol. The molecule has 4 aliphatic carbocycles. The van der Waals surface area contributed by atoms with Crippen LogP contribution in [0.25, 0.3) is 0 Å². The molecule has 0 spiro atoms. The zero-order valence-electron chi connectivity index (χ0n) is 16.9. The van der Waals surface area contributed by atoms with Gasteiger partial charge in [-0.25, -0.2) is 0 Å². The molecule has 6 nitrogen and oxygen atoms in total. The highest BCUT2D eigenvalue weighted by molar-refractivity contribution is 5.97. The second kappa shape index (κ2) is 8.98. The quantitative estimate of drug-likeness (QED) is 0.303. The van der Waals surface area contributed by atoms with Crippen molar-refractivity contribution in [1.29, 1.82) is 5.26 Å². The van der Waals surface area contributed by atoms with Gasteiger partial charge in [0.05, 0.1) is 0 Å². The summed E-state index contributed by atoms with van der Waals surface area (Å²) in [5.74, 6) is 1.44. The van der Waals surface area contributed by atoms with Crippen LogP contribution >= 0.6 is 0 Å². The Hall–Kier alpha value is -2.03. The molecule has 28 heavy (non-hydrogen) atoms. The number of carbonyl (C=O) groups is 2. The van der Waals surface area contributed by atoms with E-state index in [1.165, 1.54) is 44.7 Å². The normalized spacial score (nSPS) is 31.9. The summed E-state index contributed by atoms with van der Waals surface area (Å²) in [5.41, 5.74) is 0.338. The number of carboxylic acid groups (broad SMARTS) is 1. The molecule has 0 heterocycles.